The summed E-state index contributed by atoms with van der Waals surface area (Å²) in [6, 6.07) is 7.22. The van der Waals surface area contributed by atoms with Crippen molar-refractivity contribution >= 4 is 39.6 Å². The number of fused-ring (bicyclic) bond motifs is 1. The summed E-state index contributed by atoms with van der Waals surface area (Å²) in [5.41, 5.74) is 1.31. The summed E-state index contributed by atoms with van der Waals surface area (Å²) in [6.07, 6.45) is 3.24. The number of ether oxygens (including phenoxy) is 4. The molecule has 136 valence electrons. The molecule has 0 spiro atoms. The first-order valence-corrected chi connectivity index (χ1v) is 9.46. The third-order valence-corrected chi connectivity index (χ3v) is 5.30. The molecule has 0 bridgehead atoms. The Labute approximate surface area is 164 Å². The minimum Gasteiger partial charge on any atom is -0.496 e. The summed E-state index contributed by atoms with van der Waals surface area (Å²) in [5, 5.41) is 0. The van der Waals surface area contributed by atoms with Crippen molar-refractivity contribution in [3.63, 3.8) is 0 Å². The fourth-order valence-corrected chi connectivity index (χ4v) is 3.98. The van der Waals surface area contributed by atoms with Gasteiger partial charge in [0.25, 0.3) is 0 Å². The maximum Gasteiger partial charge on any atom is 0.189 e. The number of ketones is 1. The molecule has 0 amide bonds. The minimum atomic E-state index is -0.150. The van der Waals surface area contributed by atoms with E-state index in [2.05, 4.69) is 15.9 Å². The second kappa shape index (κ2) is 8.05. The number of carbonyl (C=O) groups is 1. The van der Waals surface area contributed by atoms with Gasteiger partial charge in [-0.1, -0.05) is 17.8 Å². The van der Waals surface area contributed by atoms with Crippen molar-refractivity contribution in [3.8, 4) is 23.0 Å². The molecule has 0 unspecified atom stereocenters. The highest BCUT2D eigenvalue weighted by Gasteiger charge is 2.20. The lowest BCUT2D eigenvalue weighted by atomic mass is 10.1. The minimum absolute atomic E-state index is 0.150. The lowest BCUT2D eigenvalue weighted by molar-refractivity contribution is 0.104. The Kier molecular flexibility index (Phi) is 5.78. The van der Waals surface area contributed by atoms with Crippen LogP contribution < -0.4 is 18.9 Å². The van der Waals surface area contributed by atoms with Crippen molar-refractivity contribution < 1.29 is 23.7 Å². The number of benzene rings is 2. The standard InChI is InChI=1S/C19H17BrO5S/c1-22-15-9-16-18(26-10-25-16)8-12(15)14(21)5-4-11-6-13(20)19(24-3)17(7-11)23-2/h4-9H,10H2,1-3H3. The van der Waals surface area contributed by atoms with E-state index in [4.69, 9.17) is 18.9 Å². The molecule has 0 saturated carbocycles. The summed E-state index contributed by atoms with van der Waals surface area (Å²) in [4.78, 5) is 13.6. The fourth-order valence-electron chi connectivity index (χ4n) is 2.58. The largest absolute Gasteiger partial charge is 0.496 e. The molecule has 1 aliphatic heterocycles. The lowest BCUT2D eigenvalue weighted by Gasteiger charge is -2.10. The van der Waals surface area contributed by atoms with E-state index >= 15 is 0 Å². The van der Waals surface area contributed by atoms with Gasteiger partial charge in [0.1, 0.15) is 17.4 Å². The van der Waals surface area contributed by atoms with E-state index in [1.165, 1.54) is 13.2 Å². The average molecular weight is 437 g/mol. The van der Waals surface area contributed by atoms with Crippen molar-refractivity contribution in [3.05, 3.63) is 45.9 Å². The molecule has 0 radical (unpaired) electrons. The first-order chi connectivity index (χ1) is 12.6. The fraction of sp³-hybridized carbons (Fsp3) is 0.211. The van der Waals surface area contributed by atoms with Crippen LogP contribution in [0.25, 0.3) is 6.08 Å². The van der Waals surface area contributed by atoms with Gasteiger partial charge in [0.15, 0.2) is 17.3 Å². The van der Waals surface area contributed by atoms with Crippen LogP contribution in [0.4, 0.5) is 0 Å². The molecule has 2 aromatic carbocycles. The zero-order valence-corrected chi connectivity index (χ0v) is 16.9. The predicted molar refractivity (Wildman–Crippen MR) is 105 cm³/mol. The molecule has 0 saturated heterocycles. The molecule has 1 heterocycles. The SMILES string of the molecule is COc1cc2c(cc1C(=O)C=Cc1cc(Br)c(OC)c(OC)c1)SCO2. The highest BCUT2D eigenvalue weighted by molar-refractivity contribution is 9.10. The Morgan fingerprint density at radius 2 is 1.88 bits per heavy atom. The number of halogens is 1. The molecule has 3 rings (SSSR count). The van der Waals surface area contributed by atoms with Gasteiger partial charge in [-0.3, -0.25) is 4.79 Å². The second-order valence-corrected chi connectivity index (χ2v) is 7.16. The number of carbonyl (C=O) groups excluding carboxylic acids is 1. The van der Waals surface area contributed by atoms with Gasteiger partial charge < -0.3 is 18.9 Å². The third-order valence-electron chi connectivity index (χ3n) is 3.84. The van der Waals surface area contributed by atoms with Crippen molar-refractivity contribution in [1.82, 2.24) is 0 Å². The molecule has 5 nitrogen and oxygen atoms in total. The molecule has 0 N–H and O–H groups in total. The van der Waals surface area contributed by atoms with E-state index in [-0.39, 0.29) is 5.78 Å². The van der Waals surface area contributed by atoms with Crippen LogP contribution in [0.2, 0.25) is 0 Å². The number of hydrogen-bond acceptors (Lipinski definition) is 6. The molecular formula is C19H17BrO5S. The Balaban J connectivity index is 1.90. The van der Waals surface area contributed by atoms with Crippen LogP contribution in [0.1, 0.15) is 15.9 Å². The molecule has 26 heavy (non-hydrogen) atoms. The van der Waals surface area contributed by atoms with Crippen LogP contribution in [-0.2, 0) is 0 Å². The molecule has 0 aromatic heterocycles. The first-order valence-electron chi connectivity index (χ1n) is 7.69. The topological polar surface area (TPSA) is 54.0 Å². The molecule has 0 fully saturated rings. The maximum absolute atomic E-state index is 12.7. The van der Waals surface area contributed by atoms with E-state index < -0.39 is 0 Å². The number of rotatable bonds is 6. The normalized spacial score (nSPS) is 12.6. The molecule has 0 atom stereocenters. The summed E-state index contributed by atoms with van der Waals surface area (Å²) < 4.78 is 22.2. The second-order valence-electron chi connectivity index (χ2n) is 5.34. The van der Waals surface area contributed by atoms with Gasteiger partial charge in [0.05, 0.1) is 36.3 Å². The van der Waals surface area contributed by atoms with Gasteiger partial charge in [-0.05, 0) is 45.8 Å². The molecule has 0 aliphatic carbocycles. The quantitative estimate of drug-likeness (QED) is 0.478. The predicted octanol–water partition coefficient (Wildman–Crippen LogP) is 4.81. The summed E-state index contributed by atoms with van der Waals surface area (Å²) in [7, 11) is 4.68. The zero-order valence-electron chi connectivity index (χ0n) is 14.5. The Hall–Kier alpha value is -2.12. The van der Waals surface area contributed by atoms with Crippen LogP contribution in [0.3, 0.4) is 0 Å². The number of methoxy groups -OCH3 is 3. The van der Waals surface area contributed by atoms with Crippen LogP contribution in [0.5, 0.6) is 23.0 Å². The summed E-state index contributed by atoms with van der Waals surface area (Å²) in [5.74, 6) is 2.82. The van der Waals surface area contributed by atoms with E-state index in [1.54, 1.807) is 44.2 Å². The van der Waals surface area contributed by atoms with E-state index in [0.717, 1.165) is 20.7 Å². The van der Waals surface area contributed by atoms with E-state index in [9.17, 15) is 4.79 Å². The monoisotopic (exact) mass is 436 g/mol. The van der Waals surface area contributed by atoms with Crippen LogP contribution in [0.15, 0.2) is 39.7 Å². The zero-order chi connectivity index (χ0) is 18.7. The average Bonchev–Trinajstić information content (AvgIpc) is 3.11. The number of thioether (sulfide) groups is 1. The molecule has 7 heteroatoms. The molecule has 2 aromatic rings. The van der Waals surface area contributed by atoms with Crippen molar-refractivity contribution in [2.75, 3.05) is 27.3 Å². The molecular weight excluding hydrogens is 420 g/mol. The Morgan fingerprint density at radius 1 is 1.12 bits per heavy atom. The maximum atomic E-state index is 12.7. The smallest absolute Gasteiger partial charge is 0.189 e. The highest BCUT2D eigenvalue weighted by atomic mass is 79.9. The van der Waals surface area contributed by atoms with Crippen LogP contribution in [0, 0.1) is 0 Å². The van der Waals surface area contributed by atoms with Gasteiger partial charge in [0.2, 0.25) is 0 Å². The molecule has 1 aliphatic rings. The first kappa shape index (κ1) is 18.7. The van der Waals surface area contributed by atoms with Gasteiger partial charge >= 0.3 is 0 Å². The van der Waals surface area contributed by atoms with Crippen molar-refractivity contribution in [1.29, 1.82) is 0 Å². The summed E-state index contributed by atoms with van der Waals surface area (Å²) in [6.45, 7) is 0. The van der Waals surface area contributed by atoms with Gasteiger partial charge in [-0.2, -0.15) is 0 Å². The number of hydrogen-bond donors (Lipinski definition) is 0. The van der Waals surface area contributed by atoms with Crippen molar-refractivity contribution in [2.24, 2.45) is 0 Å². The van der Waals surface area contributed by atoms with Gasteiger partial charge in [-0.15, -0.1) is 0 Å². The van der Waals surface area contributed by atoms with E-state index in [0.29, 0.717) is 28.8 Å². The van der Waals surface area contributed by atoms with Gasteiger partial charge in [-0.25, -0.2) is 0 Å². The third kappa shape index (κ3) is 3.68. The summed E-state index contributed by atoms with van der Waals surface area (Å²) >= 11 is 5.00. The number of allylic oxidation sites excluding steroid dienone is 1. The van der Waals surface area contributed by atoms with Crippen molar-refractivity contribution in [2.45, 2.75) is 4.90 Å². The van der Waals surface area contributed by atoms with Crippen LogP contribution in [-0.4, -0.2) is 33.1 Å². The van der Waals surface area contributed by atoms with Gasteiger partial charge in [0, 0.05) is 6.07 Å². The van der Waals surface area contributed by atoms with E-state index in [1.807, 2.05) is 12.1 Å². The van der Waals surface area contributed by atoms with Crippen LogP contribution >= 0.6 is 27.7 Å². The highest BCUT2D eigenvalue weighted by Crippen LogP contribution is 2.41. The Morgan fingerprint density at radius 3 is 2.58 bits per heavy atom. The Bertz CT molecular complexity index is 879. The lowest BCUT2D eigenvalue weighted by Crippen LogP contribution is -1.99.